The summed E-state index contributed by atoms with van der Waals surface area (Å²) < 4.78 is 4.90. The zero-order chi connectivity index (χ0) is 28.5. The van der Waals surface area contributed by atoms with Crippen LogP contribution >= 0.6 is 11.3 Å². The van der Waals surface area contributed by atoms with Gasteiger partial charge in [0.1, 0.15) is 34.1 Å². The van der Waals surface area contributed by atoms with Gasteiger partial charge in [-0.15, -0.1) is 0 Å². The van der Waals surface area contributed by atoms with Crippen molar-refractivity contribution < 1.29 is 19.2 Å². The molecule has 1 saturated heterocycles. The lowest BCUT2D eigenvalue weighted by Crippen LogP contribution is -2.24. The standard InChI is InChI=1S/C20H14N6O2S.C5H9NO2.C2H6/c1-11-16(7-12(9-21)10-23-11)24-20-17(18(22)27)25-19(29-20)14-4-2-3-13(8-14)15-5-6-28-26-15;1-6-3-2-4(7)5(6)8;1-2/h2-8,10,24H,1H3,(H2,22,27);4,7H,2-3H2,1H3;1-2H3. The number of aliphatic hydroxyl groups is 1. The van der Waals surface area contributed by atoms with E-state index in [2.05, 4.69) is 20.4 Å². The summed E-state index contributed by atoms with van der Waals surface area (Å²) in [4.78, 5) is 32.7. The van der Waals surface area contributed by atoms with Crippen LogP contribution in [0.2, 0.25) is 0 Å². The minimum Gasteiger partial charge on any atom is -0.383 e. The Balaban J connectivity index is 0.000000357. The number of aliphatic hydroxyl groups excluding tert-OH is 1. The number of nitrogens with two attached hydrogens (primary N) is 1. The fraction of sp³-hybridized carbons (Fsp3) is 0.259. The van der Waals surface area contributed by atoms with E-state index in [1.807, 2.05) is 44.2 Å². The molecule has 0 radical (unpaired) electrons. The maximum Gasteiger partial charge on any atom is 0.270 e. The number of likely N-dealkylation sites (tertiary alicyclic amines) is 1. The lowest BCUT2D eigenvalue weighted by Gasteiger charge is -2.07. The first-order chi connectivity index (χ1) is 18.8. The van der Waals surface area contributed by atoms with Gasteiger partial charge in [0.05, 0.1) is 16.9 Å². The number of amides is 2. The molecule has 0 bridgehead atoms. The van der Waals surface area contributed by atoms with E-state index in [1.54, 1.807) is 26.1 Å². The predicted molar refractivity (Wildman–Crippen MR) is 148 cm³/mol. The first-order valence-electron chi connectivity index (χ1n) is 12.2. The van der Waals surface area contributed by atoms with Crippen LogP contribution in [-0.2, 0) is 4.79 Å². The third kappa shape index (κ3) is 7.04. The summed E-state index contributed by atoms with van der Waals surface area (Å²) in [7, 11) is 1.69. The Morgan fingerprint density at radius 3 is 2.59 bits per heavy atom. The topological polar surface area (TPSA) is 171 Å². The van der Waals surface area contributed by atoms with Crippen LogP contribution in [0.15, 0.2) is 53.4 Å². The number of nitrogens with one attached hydrogen (secondary N) is 1. The first kappa shape index (κ1) is 29.0. The number of carbonyl (C=O) groups excluding carboxylic acids is 2. The average molecular weight is 548 g/mol. The average Bonchev–Trinajstić information content (AvgIpc) is 3.70. The summed E-state index contributed by atoms with van der Waals surface area (Å²) in [5.41, 5.74) is 9.73. The number of anilines is 2. The summed E-state index contributed by atoms with van der Waals surface area (Å²) in [5, 5.41) is 26.1. The highest BCUT2D eigenvalue weighted by Crippen LogP contribution is 2.36. The molecule has 5 rings (SSSR count). The Morgan fingerprint density at radius 2 is 2.03 bits per heavy atom. The molecule has 1 aromatic carbocycles. The van der Waals surface area contributed by atoms with Crippen molar-refractivity contribution in [3.63, 3.8) is 0 Å². The first-order valence-corrected chi connectivity index (χ1v) is 13.0. The molecule has 0 aliphatic carbocycles. The molecule has 4 heterocycles. The van der Waals surface area contributed by atoms with Crippen molar-refractivity contribution in [3.05, 3.63) is 65.8 Å². The van der Waals surface area contributed by atoms with E-state index >= 15 is 0 Å². The highest BCUT2D eigenvalue weighted by Gasteiger charge is 2.26. The van der Waals surface area contributed by atoms with Gasteiger partial charge >= 0.3 is 0 Å². The second-order valence-electron chi connectivity index (χ2n) is 8.18. The van der Waals surface area contributed by atoms with Crippen LogP contribution in [0.3, 0.4) is 0 Å². The molecule has 1 atom stereocenters. The van der Waals surface area contributed by atoms with E-state index in [-0.39, 0.29) is 11.6 Å². The van der Waals surface area contributed by atoms with Gasteiger partial charge in [0, 0.05) is 37.0 Å². The number of aromatic nitrogens is 3. The van der Waals surface area contributed by atoms with Crippen molar-refractivity contribution in [1.82, 2.24) is 20.0 Å². The maximum atomic E-state index is 12.0. The Labute approximate surface area is 229 Å². The molecule has 12 heteroatoms. The number of thiazole rings is 1. The molecule has 4 aromatic rings. The monoisotopic (exact) mass is 547 g/mol. The molecular formula is C27H29N7O4S. The van der Waals surface area contributed by atoms with E-state index in [0.717, 1.165) is 11.1 Å². The van der Waals surface area contributed by atoms with Gasteiger partial charge in [0.15, 0.2) is 5.69 Å². The van der Waals surface area contributed by atoms with Crippen molar-refractivity contribution in [1.29, 1.82) is 5.26 Å². The molecule has 4 N–H and O–H groups in total. The van der Waals surface area contributed by atoms with Crippen LogP contribution < -0.4 is 11.1 Å². The molecule has 202 valence electrons. The number of nitriles is 1. The molecule has 2 amide bonds. The van der Waals surface area contributed by atoms with Gasteiger partial charge in [-0.1, -0.05) is 48.5 Å². The number of aryl methyl sites for hydroxylation is 1. The minimum atomic E-state index is -0.722. The minimum absolute atomic E-state index is 0.124. The van der Waals surface area contributed by atoms with Gasteiger partial charge in [-0.05, 0) is 25.5 Å². The molecule has 1 fully saturated rings. The molecule has 1 aliphatic rings. The number of pyridine rings is 1. The Bertz CT molecular complexity index is 1470. The zero-order valence-corrected chi connectivity index (χ0v) is 22.8. The maximum absolute atomic E-state index is 12.0. The summed E-state index contributed by atoms with van der Waals surface area (Å²) in [5.74, 6) is -0.797. The van der Waals surface area contributed by atoms with E-state index in [9.17, 15) is 9.59 Å². The van der Waals surface area contributed by atoms with Crippen molar-refractivity contribution in [3.8, 4) is 27.9 Å². The third-order valence-electron chi connectivity index (χ3n) is 5.57. The molecule has 1 unspecified atom stereocenters. The number of likely N-dealkylation sites (N-methyl/N-ethyl adjacent to an activating group) is 1. The van der Waals surface area contributed by atoms with Crippen LogP contribution in [0, 0.1) is 18.3 Å². The lowest BCUT2D eigenvalue weighted by molar-refractivity contribution is -0.133. The number of hydrogen-bond acceptors (Lipinski definition) is 10. The van der Waals surface area contributed by atoms with Gasteiger partial charge in [-0.25, -0.2) is 4.98 Å². The van der Waals surface area contributed by atoms with Crippen LogP contribution in [0.4, 0.5) is 10.7 Å². The zero-order valence-electron chi connectivity index (χ0n) is 22.0. The smallest absolute Gasteiger partial charge is 0.270 e. The van der Waals surface area contributed by atoms with Crippen LogP contribution in [-0.4, -0.2) is 56.6 Å². The molecular weight excluding hydrogens is 518 g/mol. The van der Waals surface area contributed by atoms with Crippen molar-refractivity contribution in [2.75, 3.05) is 18.9 Å². The van der Waals surface area contributed by atoms with Gasteiger partial charge in [0.25, 0.3) is 11.8 Å². The van der Waals surface area contributed by atoms with Crippen molar-refractivity contribution in [2.24, 2.45) is 5.73 Å². The molecule has 39 heavy (non-hydrogen) atoms. The highest BCUT2D eigenvalue weighted by molar-refractivity contribution is 7.19. The number of primary amides is 1. The highest BCUT2D eigenvalue weighted by atomic mass is 32.1. The SMILES string of the molecule is CC.CN1CCC(O)C1=O.Cc1ncc(C#N)cc1Nc1sc(-c2cccc(-c3ccon3)c2)nc1C(N)=O. The lowest BCUT2D eigenvalue weighted by atomic mass is 10.1. The largest absolute Gasteiger partial charge is 0.383 e. The van der Waals surface area contributed by atoms with E-state index in [1.165, 1.54) is 28.7 Å². The van der Waals surface area contributed by atoms with Gasteiger partial charge < -0.3 is 25.6 Å². The van der Waals surface area contributed by atoms with Gasteiger partial charge in [-0.3, -0.25) is 14.6 Å². The Morgan fingerprint density at radius 1 is 1.28 bits per heavy atom. The fourth-order valence-corrected chi connectivity index (χ4v) is 4.49. The summed E-state index contributed by atoms with van der Waals surface area (Å²) >= 11 is 1.29. The van der Waals surface area contributed by atoms with Crippen LogP contribution in [0.1, 0.15) is 42.0 Å². The summed E-state index contributed by atoms with van der Waals surface area (Å²) in [6, 6.07) is 13.1. The molecule has 11 nitrogen and oxygen atoms in total. The molecule has 1 aliphatic heterocycles. The fourth-order valence-electron chi connectivity index (χ4n) is 3.52. The summed E-state index contributed by atoms with van der Waals surface area (Å²) in [6.07, 6.45) is 2.86. The van der Waals surface area contributed by atoms with Crippen molar-refractivity contribution in [2.45, 2.75) is 33.3 Å². The summed E-state index contributed by atoms with van der Waals surface area (Å²) in [6.45, 7) is 6.50. The number of hydrogen-bond donors (Lipinski definition) is 3. The number of rotatable bonds is 5. The quantitative estimate of drug-likeness (QED) is 0.332. The van der Waals surface area contributed by atoms with Crippen LogP contribution in [0.5, 0.6) is 0 Å². The Kier molecular flexibility index (Phi) is 9.86. The van der Waals surface area contributed by atoms with E-state index in [0.29, 0.717) is 45.6 Å². The van der Waals surface area contributed by atoms with E-state index in [4.69, 9.17) is 20.6 Å². The normalized spacial score (nSPS) is 14.0. The number of nitrogens with zero attached hydrogens (tertiary/aromatic N) is 5. The predicted octanol–water partition coefficient (Wildman–Crippen LogP) is 4.12. The van der Waals surface area contributed by atoms with Crippen molar-refractivity contribution >= 4 is 33.8 Å². The van der Waals surface area contributed by atoms with E-state index < -0.39 is 12.0 Å². The third-order valence-corrected chi connectivity index (χ3v) is 6.59. The number of carbonyl (C=O) groups is 2. The van der Waals surface area contributed by atoms with Gasteiger partial charge in [-0.2, -0.15) is 5.26 Å². The molecule has 0 spiro atoms. The molecule has 0 saturated carbocycles. The second-order valence-corrected chi connectivity index (χ2v) is 9.18. The second kappa shape index (κ2) is 13.3. The van der Waals surface area contributed by atoms with Crippen LogP contribution in [0.25, 0.3) is 21.8 Å². The molecule has 3 aromatic heterocycles. The van der Waals surface area contributed by atoms with Gasteiger partial charge in [0.2, 0.25) is 0 Å². The number of benzene rings is 1. The Hall–Kier alpha value is -4.60.